The average Bonchev–Trinajstić information content (AvgIpc) is 2.90. The van der Waals surface area contributed by atoms with Crippen LogP contribution in [-0.4, -0.2) is 48.6 Å². The van der Waals surface area contributed by atoms with Gasteiger partial charge in [0, 0.05) is 11.8 Å². The van der Waals surface area contributed by atoms with Gasteiger partial charge in [0.05, 0.1) is 12.6 Å². The molecule has 2 rings (SSSR count). The standard InChI is InChI=1S/C15H16F5N3O2/c16-9-4-10(17)6-11(5-9)22-13(24)7-23-3-1-2-12(23)14(25)21-8-15(18,19)20/h4-6,12H,1-3,7-8H2,(H,21,25)(H,22,24). The first-order valence-corrected chi connectivity index (χ1v) is 7.48. The molecule has 1 aliphatic heterocycles. The number of nitrogens with zero attached hydrogens (tertiary/aromatic N) is 1. The molecule has 2 amide bonds. The van der Waals surface area contributed by atoms with Gasteiger partial charge in [0.25, 0.3) is 0 Å². The second-order valence-electron chi connectivity index (χ2n) is 5.67. The highest BCUT2D eigenvalue weighted by atomic mass is 19.4. The first-order valence-electron chi connectivity index (χ1n) is 7.48. The molecular weight excluding hydrogens is 349 g/mol. The first kappa shape index (κ1) is 19.1. The van der Waals surface area contributed by atoms with E-state index in [2.05, 4.69) is 5.32 Å². The van der Waals surface area contributed by atoms with Crippen molar-refractivity contribution < 1.29 is 31.5 Å². The summed E-state index contributed by atoms with van der Waals surface area (Å²) in [7, 11) is 0. The van der Waals surface area contributed by atoms with Crippen LogP contribution in [0.5, 0.6) is 0 Å². The van der Waals surface area contributed by atoms with E-state index >= 15 is 0 Å². The molecule has 1 heterocycles. The fourth-order valence-corrected chi connectivity index (χ4v) is 2.63. The zero-order valence-corrected chi connectivity index (χ0v) is 13.0. The SMILES string of the molecule is O=C(CN1CCCC1C(=O)NCC(F)(F)F)Nc1cc(F)cc(F)c1. The molecule has 1 aromatic rings. The van der Waals surface area contributed by atoms with E-state index in [1.54, 1.807) is 5.32 Å². The van der Waals surface area contributed by atoms with Crippen LogP contribution in [0.1, 0.15) is 12.8 Å². The highest BCUT2D eigenvalue weighted by Crippen LogP contribution is 2.19. The number of likely N-dealkylation sites (tertiary alicyclic amines) is 1. The van der Waals surface area contributed by atoms with E-state index in [1.807, 2.05) is 0 Å². The van der Waals surface area contributed by atoms with Crippen molar-refractivity contribution in [3.8, 4) is 0 Å². The summed E-state index contributed by atoms with van der Waals surface area (Å²) in [6.07, 6.45) is -3.64. The van der Waals surface area contributed by atoms with Gasteiger partial charge in [-0.05, 0) is 31.5 Å². The van der Waals surface area contributed by atoms with Crippen LogP contribution in [0.3, 0.4) is 0 Å². The molecule has 0 radical (unpaired) electrons. The van der Waals surface area contributed by atoms with Crippen molar-refractivity contribution in [1.82, 2.24) is 10.2 Å². The number of carbonyl (C=O) groups excluding carboxylic acids is 2. The van der Waals surface area contributed by atoms with E-state index in [9.17, 15) is 31.5 Å². The Morgan fingerprint density at radius 2 is 1.80 bits per heavy atom. The molecule has 25 heavy (non-hydrogen) atoms. The summed E-state index contributed by atoms with van der Waals surface area (Å²) < 4.78 is 62.7. The minimum absolute atomic E-state index is 0.0835. The predicted molar refractivity (Wildman–Crippen MR) is 78.6 cm³/mol. The maximum absolute atomic E-state index is 13.1. The number of benzene rings is 1. The Labute approximate surface area is 140 Å². The molecule has 5 nitrogen and oxygen atoms in total. The molecule has 138 valence electrons. The van der Waals surface area contributed by atoms with Crippen LogP contribution in [0.25, 0.3) is 0 Å². The van der Waals surface area contributed by atoms with Crippen molar-refractivity contribution in [2.75, 3.05) is 25.0 Å². The number of anilines is 1. The van der Waals surface area contributed by atoms with Crippen LogP contribution in [0.2, 0.25) is 0 Å². The number of amides is 2. The first-order chi connectivity index (χ1) is 11.6. The van der Waals surface area contributed by atoms with Crippen molar-refractivity contribution in [3.05, 3.63) is 29.8 Å². The van der Waals surface area contributed by atoms with E-state index in [-0.39, 0.29) is 12.2 Å². The van der Waals surface area contributed by atoms with Crippen molar-refractivity contribution in [2.45, 2.75) is 25.1 Å². The largest absolute Gasteiger partial charge is 0.405 e. The number of alkyl halides is 3. The maximum Gasteiger partial charge on any atom is 0.405 e. The summed E-state index contributed by atoms with van der Waals surface area (Å²) in [5.74, 6) is -3.15. The molecule has 0 bridgehead atoms. The zero-order chi connectivity index (χ0) is 18.6. The average molecular weight is 365 g/mol. The number of rotatable bonds is 5. The number of carbonyl (C=O) groups is 2. The van der Waals surface area contributed by atoms with E-state index in [0.29, 0.717) is 25.5 Å². The molecule has 1 fully saturated rings. The molecule has 10 heteroatoms. The summed E-state index contributed by atoms with van der Waals surface area (Å²) in [4.78, 5) is 25.2. The molecule has 1 saturated heterocycles. The van der Waals surface area contributed by atoms with Crippen LogP contribution in [-0.2, 0) is 9.59 Å². The molecule has 1 atom stereocenters. The molecule has 1 aliphatic rings. The Kier molecular flexibility index (Phi) is 5.93. The molecule has 0 aliphatic carbocycles. The Balaban J connectivity index is 1.91. The number of hydrogen-bond donors (Lipinski definition) is 2. The summed E-state index contributed by atoms with van der Waals surface area (Å²) in [6, 6.07) is 1.66. The van der Waals surface area contributed by atoms with Gasteiger partial charge in [-0.2, -0.15) is 13.2 Å². The number of halogens is 5. The van der Waals surface area contributed by atoms with Gasteiger partial charge in [0.15, 0.2) is 0 Å². The van der Waals surface area contributed by atoms with Gasteiger partial charge < -0.3 is 10.6 Å². The third kappa shape index (κ3) is 5.96. The normalized spacial score (nSPS) is 18.2. The molecule has 1 unspecified atom stereocenters. The van der Waals surface area contributed by atoms with Crippen LogP contribution in [0, 0.1) is 11.6 Å². The quantitative estimate of drug-likeness (QED) is 0.786. The van der Waals surface area contributed by atoms with Gasteiger partial charge in [-0.15, -0.1) is 0 Å². The zero-order valence-electron chi connectivity index (χ0n) is 13.0. The van der Waals surface area contributed by atoms with E-state index in [1.165, 1.54) is 4.90 Å². The summed E-state index contributed by atoms with van der Waals surface area (Å²) >= 11 is 0. The molecular formula is C15H16F5N3O2. The van der Waals surface area contributed by atoms with Gasteiger partial charge in [0.1, 0.15) is 18.2 Å². The van der Waals surface area contributed by atoms with Crippen molar-refractivity contribution in [2.24, 2.45) is 0 Å². The van der Waals surface area contributed by atoms with Crippen LogP contribution >= 0.6 is 0 Å². The Hall–Kier alpha value is -2.23. The fraction of sp³-hybridized carbons (Fsp3) is 0.467. The van der Waals surface area contributed by atoms with E-state index < -0.39 is 42.2 Å². The molecule has 0 spiro atoms. The number of nitrogens with one attached hydrogen (secondary N) is 2. The van der Waals surface area contributed by atoms with Crippen molar-refractivity contribution in [1.29, 1.82) is 0 Å². The molecule has 0 saturated carbocycles. The molecule has 0 aromatic heterocycles. The summed E-state index contributed by atoms with van der Waals surface area (Å²) in [5.41, 5.74) is -0.0835. The lowest BCUT2D eigenvalue weighted by atomic mass is 10.2. The lowest BCUT2D eigenvalue weighted by Gasteiger charge is -2.23. The van der Waals surface area contributed by atoms with Crippen LogP contribution < -0.4 is 10.6 Å². The maximum atomic E-state index is 13.1. The van der Waals surface area contributed by atoms with Crippen LogP contribution in [0.4, 0.5) is 27.6 Å². The van der Waals surface area contributed by atoms with Gasteiger partial charge in [0.2, 0.25) is 11.8 Å². The highest BCUT2D eigenvalue weighted by Gasteiger charge is 2.34. The predicted octanol–water partition coefficient (Wildman–Crippen LogP) is 2.05. The van der Waals surface area contributed by atoms with Gasteiger partial charge >= 0.3 is 6.18 Å². The van der Waals surface area contributed by atoms with Crippen molar-refractivity contribution in [3.63, 3.8) is 0 Å². The second-order valence-corrected chi connectivity index (χ2v) is 5.67. The Morgan fingerprint density at radius 1 is 1.16 bits per heavy atom. The molecule has 1 aromatic carbocycles. The second kappa shape index (κ2) is 7.77. The third-order valence-electron chi connectivity index (χ3n) is 3.62. The Morgan fingerprint density at radius 3 is 2.40 bits per heavy atom. The summed E-state index contributed by atoms with van der Waals surface area (Å²) in [6.45, 7) is -1.36. The summed E-state index contributed by atoms with van der Waals surface area (Å²) in [5, 5.41) is 4.09. The smallest absolute Gasteiger partial charge is 0.346 e. The van der Waals surface area contributed by atoms with E-state index in [0.717, 1.165) is 12.1 Å². The lowest BCUT2D eigenvalue weighted by Crippen LogP contribution is -2.47. The van der Waals surface area contributed by atoms with Crippen LogP contribution in [0.15, 0.2) is 18.2 Å². The highest BCUT2D eigenvalue weighted by molar-refractivity contribution is 5.93. The third-order valence-corrected chi connectivity index (χ3v) is 3.62. The van der Waals surface area contributed by atoms with Crippen molar-refractivity contribution >= 4 is 17.5 Å². The minimum Gasteiger partial charge on any atom is -0.346 e. The fourth-order valence-electron chi connectivity index (χ4n) is 2.63. The van der Waals surface area contributed by atoms with Gasteiger partial charge in [-0.3, -0.25) is 14.5 Å². The lowest BCUT2D eigenvalue weighted by molar-refractivity contribution is -0.141. The Bertz CT molecular complexity index is 630. The molecule has 2 N–H and O–H groups in total. The monoisotopic (exact) mass is 365 g/mol. The van der Waals surface area contributed by atoms with Gasteiger partial charge in [-0.1, -0.05) is 0 Å². The van der Waals surface area contributed by atoms with E-state index in [4.69, 9.17) is 0 Å². The number of hydrogen-bond acceptors (Lipinski definition) is 3. The minimum atomic E-state index is -4.52. The topological polar surface area (TPSA) is 61.4 Å². The van der Waals surface area contributed by atoms with Gasteiger partial charge in [-0.25, -0.2) is 8.78 Å².